The molecule has 0 bridgehead atoms. The predicted octanol–water partition coefficient (Wildman–Crippen LogP) is 2.54. The van der Waals surface area contributed by atoms with Gasteiger partial charge in [-0.05, 0) is 22.6 Å². The van der Waals surface area contributed by atoms with Gasteiger partial charge in [0.05, 0.1) is 12.0 Å². The molecule has 0 radical (unpaired) electrons. The van der Waals surface area contributed by atoms with Gasteiger partial charge >= 0.3 is 5.69 Å². The van der Waals surface area contributed by atoms with Crippen molar-refractivity contribution in [1.29, 1.82) is 0 Å². The number of rotatable bonds is 3. The third-order valence-corrected chi connectivity index (χ3v) is 2.29. The molecule has 1 heterocycles. The quantitative estimate of drug-likeness (QED) is 0.370. The van der Waals surface area contributed by atoms with Crippen LogP contribution in [0.4, 0.5) is 14.5 Å². The second-order valence-corrected chi connectivity index (χ2v) is 3.47. The number of methoxy groups -OCH3 is 1. The van der Waals surface area contributed by atoms with Crippen molar-refractivity contribution in [2.75, 3.05) is 7.11 Å². The number of hydrogen-bond acceptors (Lipinski definition) is 4. The molecule has 82 valence electrons. The van der Waals surface area contributed by atoms with Crippen molar-refractivity contribution < 1.29 is 18.4 Å². The Labute approximate surface area is 96.7 Å². The van der Waals surface area contributed by atoms with E-state index in [1.54, 1.807) is 22.6 Å². The number of pyridine rings is 1. The van der Waals surface area contributed by atoms with Gasteiger partial charge in [0.15, 0.2) is 3.70 Å². The smallest absolute Gasteiger partial charge is 0.315 e. The molecule has 0 aromatic carbocycles. The average Bonchev–Trinajstić information content (AvgIpc) is 2.16. The van der Waals surface area contributed by atoms with Crippen molar-refractivity contribution in [2.45, 2.75) is 6.43 Å². The number of hydrogen-bond donors (Lipinski definition) is 0. The summed E-state index contributed by atoms with van der Waals surface area (Å²) < 4.78 is 29.4. The molecule has 0 N–H and O–H groups in total. The van der Waals surface area contributed by atoms with Gasteiger partial charge in [0.2, 0.25) is 5.75 Å². The second-order valence-electron chi connectivity index (χ2n) is 2.45. The van der Waals surface area contributed by atoms with Crippen LogP contribution in [0.25, 0.3) is 0 Å². The molecule has 1 aromatic rings. The Hall–Kier alpha value is -1.06. The minimum absolute atomic E-state index is 0.0413. The van der Waals surface area contributed by atoms with E-state index >= 15 is 0 Å². The van der Waals surface area contributed by atoms with Crippen LogP contribution in [-0.4, -0.2) is 17.0 Å². The second kappa shape index (κ2) is 4.64. The monoisotopic (exact) mass is 330 g/mol. The molecular formula is C7H5F2IN2O3. The minimum Gasteiger partial charge on any atom is -0.488 e. The first kappa shape index (κ1) is 12.0. The molecule has 0 aliphatic rings. The van der Waals surface area contributed by atoms with E-state index in [1.165, 1.54) is 7.11 Å². The maximum atomic E-state index is 12.3. The van der Waals surface area contributed by atoms with Gasteiger partial charge in [0.1, 0.15) is 5.69 Å². The summed E-state index contributed by atoms with van der Waals surface area (Å²) in [4.78, 5) is 13.3. The maximum absolute atomic E-state index is 12.3. The molecule has 0 spiro atoms. The van der Waals surface area contributed by atoms with Crippen LogP contribution in [0, 0.1) is 13.8 Å². The number of aromatic nitrogens is 1. The summed E-state index contributed by atoms with van der Waals surface area (Å²) in [5.74, 6) is -0.106. The van der Waals surface area contributed by atoms with Gasteiger partial charge in [0.25, 0.3) is 6.43 Å². The fourth-order valence-electron chi connectivity index (χ4n) is 0.944. The van der Waals surface area contributed by atoms with E-state index in [4.69, 9.17) is 4.74 Å². The van der Waals surface area contributed by atoms with E-state index in [9.17, 15) is 18.9 Å². The van der Waals surface area contributed by atoms with Crippen molar-refractivity contribution >= 4 is 28.3 Å². The van der Waals surface area contributed by atoms with Gasteiger partial charge in [0, 0.05) is 6.07 Å². The highest BCUT2D eigenvalue weighted by molar-refractivity contribution is 14.1. The number of nitro groups is 1. The lowest BCUT2D eigenvalue weighted by Crippen LogP contribution is -2.01. The molecule has 1 aromatic heterocycles. The topological polar surface area (TPSA) is 65.3 Å². The predicted molar refractivity (Wildman–Crippen MR) is 55.1 cm³/mol. The highest BCUT2D eigenvalue weighted by atomic mass is 127. The maximum Gasteiger partial charge on any atom is 0.315 e. The van der Waals surface area contributed by atoms with Crippen LogP contribution in [0.3, 0.4) is 0 Å². The largest absolute Gasteiger partial charge is 0.488 e. The SMILES string of the molecule is COc1c([N+](=O)[O-])cc(C(F)F)nc1I. The lowest BCUT2D eigenvalue weighted by atomic mass is 10.3. The minimum atomic E-state index is -2.84. The lowest BCUT2D eigenvalue weighted by molar-refractivity contribution is -0.386. The van der Waals surface area contributed by atoms with E-state index < -0.39 is 22.7 Å². The molecular weight excluding hydrogens is 325 g/mol. The third kappa shape index (κ3) is 2.49. The van der Waals surface area contributed by atoms with E-state index in [0.717, 1.165) is 0 Å². The molecule has 5 nitrogen and oxygen atoms in total. The highest BCUT2D eigenvalue weighted by Crippen LogP contribution is 2.33. The lowest BCUT2D eigenvalue weighted by Gasteiger charge is -2.05. The Kier molecular flexibility index (Phi) is 3.72. The first-order chi connectivity index (χ1) is 6.97. The van der Waals surface area contributed by atoms with E-state index in [0.29, 0.717) is 6.07 Å². The molecule has 8 heteroatoms. The number of alkyl halides is 2. The molecule has 0 atom stereocenters. The Morgan fingerprint density at radius 1 is 1.67 bits per heavy atom. The van der Waals surface area contributed by atoms with Gasteiger partial charge in [-0.1, -0.05) is 0 Å². The zero-order valence-corrected chi connectivity index (χ0v) is 9.57. The fourth-order valence-corrected chi connectivity index (χ4v) is 1.72. The summed E-state index contributed by atoms with van der Waals surface area (Å²) in [6, 6.07) is 0.714. The van der Waals surface area contributed by atoms with E-state index in [-0.39, 0.29) is 9.45 Å². The number of ether oxygens (including phenoxy) is 1. The van der Waals surface area contributed by atoms with Gasteiger partial charge in [-0.3, -0.25) is 10.1 Å². The summed E-state index contributed by atoms with van der Waals surface area (Å²) in [7, 11) is 1.22. The van der Waals surface area contributed by atoms with Crippen LogP contribution >= 0.6 is 22.6 Å². The molecule has 0 saturated heterocycles. The molecule has 1 rings (SSSR count). The molecule has 0 aliphatic carbocycles. The van der Waals surface area contributed by atoms with Crippen molar-refractivity contribution in [3.05, 3.63) is 25.6 Å². The average molecular weight is 330 g/mol. The van der Waals surface area contributed by atoms with Crippen molar-refractivity contribution in [3.63, 3.8) is 0 Å². The van der Waals surface area contributed by atoms with Gasteiger partial charge in [-0.25, -0.2) is 13.8 Å². The number of halogens is 3. The zero-order chi connectivity index (χ0) is 11.6. The van der Waals surface area contributed by atoms with Crippen LogP contribution in [0.2, 0.25) is 0 Å². The van der Waals surface area contributed by atoms with Gasteiger partial charge in [-0.15, -0.1) is 0 Å². The fraction of sp³-hybridized carbons (Fsp3) is 0.286. The summed E-state index contributed by atoms with van der Waals surface area (Å²) in [5.41, 5.74) is -1.14. The van der Waals surface area contributed by atoms with Crippen molar-refractivity contribution in [1.82, 2.24) is 4.98 Å². The van der Waals surface area contributed by atoms with Crippen LogP contribution in [0.5, 0.6) is 5.75 Å². The normalized spacial score (nSPS) is 10.5. The molecule has 0 fully saturated rings. The summed E-state index contributed by atoms with van der Waals surface area (Å²) in [6.45, 7) is 0. The summed E-state index contributed by atoms with van der Waals surface area (Å²) in [5, 5.41) is 10.6. The zero-order valence-electron chi connectivity index (χ0n) is 7.41. The molecule has 15 heavy (non-hydrogen) atoms. The van der Waals surface area contributed by atoms with Crippen molar-refractivity contribution in [3.8, 4) is 5.75 Å². The Morgan fingerprint density at radius 2 is 2.27 bits per heavy atom. The Balaban J connectivity index is 3.38. The number of nitrogens with zero attached hydrogens (tertiary/aromatic N) is 2. The van der Waals surface area contributed by atoms with Crippen LogP contribution in [0.1, 0.15) is 12.1 Å². The first-order valence-electron chi connectivity index (χ1n) is 3.64. The molecule has 0 saturated carbocycles. The third-order valence-electron chi connectivity index (χ3n) is 1.56. The Bertz CT molecular complexity index is 400. The first-order valence-corrected chi connectivity index (χ1v) is 4.72. The van der Waals surface area contributed by atoms with Crippen LogP contribution in [0.15, 0.2) is 6.07 Å². The summed E-state index contributed by atoms with van der Waals surface area (Å²) in [6.07, 6.45) is -2.84. The van der Waals surface area contributed by atoms with Crippen LogP contribution < -0.4 is 4.74 Å². The van der Waals surface area contributed by atoms with Crippen molar-refractivity contribution in [2.24, 2.45) is 0 Å². The van der Waals surface area contributed by atoms with Crippen LogP contribution in [-0.2, 0) is 0 Å². The Morgan fingerprint density at radius 3 is 2.67 bits per heavy atom. The van der Waals surface area contributed by atoms with E-state index in [2.05, 4.69) is 4.98 Å². The van der Waals surface area contributed by atoms with Gasteiger partial charge < -0.3 is 4.74 Å². The standard InChI is InChI=1S/C7H5F2IN2O3/c1-15-5-4(12(13)14)2-3(6(8)9)11-7(5)10/h2,6H,1H3. The molecule has 0 amide bonds. The van der Waals surface area contributed by atoms with E-state index in [1.807, 2.05) is 0 Å². The highest BCUT2D eigenvalue weighted by Gasteiger charge is 2.23. The molecule has 0 unspecified atom stereocenters. The summed E-state index contributed by atoms with van der Waals surface area (Å²) >= 11 is 1.60. The molecule has 0 aliphatic heterocycles. The van der Waals surface area contributed by atoms with Gasteiger partial charge in [-0.2, -0.15) is 0 Å².